The van der Waals surface area contributed by atoms with E-state index in [9.17, 15) is 19.4 Å². The summed E-state index contributed by atoms with van der Waals surface area (Å²) in [4.78, 5) is 26.8. The van der Waals surface area contributed by atoms with Gasteiger partial charge in [-0.05, 0) is 42.8 Å². The molecule has 214 valence electrons. The summed E-state index contributed by atoms with van der Waals surface area (Å²) in [5.74, 6) is -1.92. The average molecular weight is 584 g/mol. The largest absolute Gasteiger partial charge is 0.483 e. The minimum atomic E-state index is -1.50. The predicted molar refractivity (Wildman–Crippen MR) is 144 cm³/mol. The van der Waals surface area contributed by atoms with Crippen LogP contribution in [0.4, 0.5) is 4.39 Å². The highest BCUT2D eigenvalue weighted by Crippen LogP contribution is 2.28. The fraction of sp³-hybridized carbons (Fsp3) is 0.357. The normalized spacial score (nSPS) is 20.7. The van der Waals surface area contributed by atoms with E-state index in [2.05, 4.69) is 9.97 Å². The molecule has 6 rings (SSSR count). The number of aliphatic hydroxyl groups is 1. The van der Waals surface area contributed by atoms with Gasteiger partial charge in [0.1, 0.15) is 12.4 Å². The van der Waals surface area contributed by atoms with Crippen molar-refractivity contribution >= 4 is 28.6 Å². The zero-order valence-corrected chi connectivity index (χ0v) is 22.6. The number of hydrogen-bond acceptors (Lipinski definition) is 9. The van der Waals surface area contributed by atoms with Crippen molar-refractivity contribution in [3.63, 3.8) is 0 Å². The molecule has 11 nitrogen and oxygen atoms in total. The van der Waals surface area contributed by atoms with Crippen molar-refractivity contribution in [2.24, 2.45) is 0 Å². The Morgan fingerprint density at radius 3 is 2.83 bits per heavy atom. The van der Waals surface area contributed by atoms with Gasteiger partial charge in [-0.2, -0.15) is 4.98 Å². The number of β-amino-alcohol motifs (C(OH)–C–C–N with tert-alkyl or cyclic N) is 1. The fourth-order valence-electron chi connectivity index (χ4n) is 4.96. The lowest BCUT2D eigenvalue weighted by Gasteiger charge is -2.28. The van der Waals surface area contributed by atoms with Gasteiger partial charge in [-0.1, -0.05) is 11.6 Å². The van der Waals surface area contributed by atoms with Crippen molar-refractivity contribution in [2.75, 3.05) is 19.7 Å². The van der Waals surface area contributed by atoms with Crippen molar-refractivity contribution in [3.05, 3.63) is 76.7 Å². The first-order valence-corrected chi connectivity index (χ1v) is 13.5. The number of carboxylic acids is 1. The number of carbonyl (C=O) groups is 1. The maximum Gasteiger partial charge on any atom is 0.335 e. The van der Waals surface area contributed by atoms with Gasteiger partial charge in [0.25, 0.3) is 0 Å². The number of likely N-dealkylation sites (tertiary alicyclic amines) is 1. The Labute approximate surface area is 239 Å². The monoisotopic (exact) mass is 583 g/mol. The second-order valence-corrected chi connectivity index (χ2v) is 10.5. The molecule has 0 saturated carbocycles. The summed E-state index contributed by atoms with van der Waals surface area (Å²) in [6.07, 6.45) is 2.78. The smallest absolute Gasteiger partial charge is 0.335 e. The summed E-state index contributed by atoms with van der Waals surface area (Å²) in [7, 11) is 0. The van der Waals surface area contributed by atoms with Crippen LogP contribution in [0.2, 0.25) is 5.02 Å². The molecule has 4 aromatic rings. The van der Waals surface area contributed by atoms with Crippen LogP contribution in [0.25, 0.3) is 11.0 Å². The molecule has 0 bridgehead atoms. The number of hydrogen-bond donors (Lipinski definition) is 2. The molecule has 4 heterocycles. The number of nitrogens with zero attached hydrogens (tertiary/aromatic N) is 5. The van der Waals surface area contributed by atoms with Crippen molar-refractivity contribution < 1.29 is 33.6 Å². The Kier molecular flexibility index (Phi) is 7.47. The van der Waals surface area contributed by atoms with Gasteiger partial charge in [0.05, 0.1) is 42.3 Å². The molecule has 2 aromatic carbocycles. The third-order valence-corrected chi connectivity index (χ3v) is 7.37. The Bertz CT molecular complexity index is 1600. The molecule has 0 aliphatic carbocycles. The molecule has 0 spiro atoms. The van der Waals surface area contributed by atoms with Crippen LogP contribution in [0.3, 0.4) is 0 Å². The van der Waals surface area contributed by atoms with Gasteiger partial charge in [0.2, 0.25) is 11.7 Å². The number of aromatic nitrogens is 4. The van der Waals surface area contributed by atoms with E-state index in [0.717, 1.165) is 23.8 Å². The van der Waals surface area contributed by atoms with Gasteiger partial charge in [0.15, 0.2) is 17.4 Å². The lowest BCUT2D eigenvalue weighted by molar-refractivity contribution is -0.128. The van der Waals surface area contributed by atoms with Crippen LogP contribution < -0.4 is 9.47 Å². The first-order valence-electron chi connectivity index (χ1n) is 13.1. The van der Waals surface area contributed by atoms with Crippen molar-refractivity contribution in [1.82, 2.24) is 24.4 Å². The van der Waals surface area contributed by atoms with Crippen molar-refractivity contribution in [3.8, 4) is 11.6 Å². The molecule has 0 radical (unpaired) electrons. The maximum absolute atomic E-state index is 14.0. The van der Waals surface area contributed by atoms with Gasteiger partial charge < -0.3 is 29.0 Å². The molecule has 0 amide bonds. The average Bonchev–Trinajstić information content (AvgIpc) is 3.44. The molecular formula is C28H27ClFN5O6. The molecule has 2 aromatic heterocycles. The molecule has 2 atom stereocenters. The van der Waals surface area contributed by atoms with E-state index in [-0.39, 0.29) is 47.3 Å². The Morgan fingerprint density at radius 2 is 2.07 bits per heavy atom. The quantitative estimate of drug-likeness (QED) is 0.267. The van der Waals surface area contributed by atoms with Gasteiger partial charge in [-0.3, -0.25) is 4.90 Å². The Balaban J connectivity index is 1.13. The van der Waals surface area contributed by atoms with E-state index >= 15 is 0 Å². The van der Waals surface area contributed by atoms with Gasteiger partial charge in [-0.15, -0.1) is 0 Å². The molecule has 2 fully saturated rings. The van der Waals surface area contributed by atoms with Gasteiger partial charge in [0, 0.05) is 36.9 Å². The highest BCUT2D eigenvalue weighted by molar-refractivity contribution is 6.30. The number of carboxylic acid groups (broad SMARTS) is 1. The van der Waals surface area contributed by atoms with Crippen molar-refractivity contribution in [2.45, 2.75) is 44.4 Å². The van der Waals surface area contributed by atoms with E-state index in [1.807, 2.05) is 9.47 Å². The summed E-state index contributed by atoms with van der Waals surface area (Å²) in [6.45, 7) is 2.32. The number of halogens is 2. The maximum atomic E-state index is 14.0. The molecule has 2 aliphatic heterocycles. The molecule has 13 heteroatoms. The van der Waals surface area contributed by atoms with Crippen LogP contribution in [0, 0.1) is 5.82 Å². The Morgan fingerprint density at radius 1 is 1.22 bits per heavy atom. The minimum Gasteiger partial charge on any atom is -0.483 e. The number of rotatable bonds is 10. The molecule has 1 unspecified atom stereocenters. The third-order valence-electron chi connectivity index (χ3n) is 7.13. The number of aromatic carboxylic acids is 1. The van der Waals surface area contributed by atoms with Crippen LogP contribution in [-0.2, 0) is 24.4 Å². The van der Waals surface area contributed by atoms with E-state index in [0.29, 0.717) is 38.2 Å². The predicted octanol–water partition coefficient (Wildman–Crippen LogP) is 3.66. The van der Waals surface area contributed by atoms with Crippen LogP contribution >= 0.6 is 11.6 Å². The second-order valence-electron chi connectivity index (χ2n) is 10.1. The van der Waals surface area contributed by atoms with E-state index in [1.54, 1.807) is 18.2 Å². The summed E-state index contributed by atoms with van der Waals surface area (Å²) < 4.78 is 33.0. The molecule has 41 heavy (non-hydrogen) atoms. The number of imidazole rings is 1. The number of fused-ring (bicyclic) bond motifs is 1. The zero-order chi connectivity index (χ0) is 28.6. The minimum absolute atomic E-state index is 0.0171. The first-order chi connectivity index (χ1) is 19.7. The fourth-order valence-corrected chi connectivity index (χ4v) is 5.12. The van der Waals surface area contributed by atoms with Crippen molar-refractivity contribution in [1.29, 1.82) is 0 Å². The highest BCUT2D eigenvalue weighted by Gasteiger charge is 2.39. The molecule has 2 N–H and O–H groups in total. The van der Waals surface area contributed by atoms with Crippen LogP contribution in [0.5, 0.6) is 11.6 Å². The third kappa shape index (κ3) is 6.10. The zero-order valence-electron chi connectivity index (χ0n) is 21.9. The lowest BCUT2D eigenvalue weighted by Crippen LogP contribution is -2.39. The van der Waals surface area contributed by atoms with Crippen LogP contribution in [0.1, 0.15) is 34.8 Å². The van der Waals surface area contributed by atoms with Crippen LogP contribution in [0.15, 0.2) is 48.7 Å². The standard InChI is InChI=1S/C28H27ClFN5O6/c29-18-2-4-23(20(30)12-18)40-15-24-31-8-5-26(33-24)41-28(38)7-9-34(16-28)14-25-32-21-3-1-17(27(36)37)11-22(21)35(25)13-19-6-10-39-19/h1-5,8,11-12,19,38H,6-7,9-10,13-16H2,(H,36,37)/t19?,28-/m0/s1. The SMILES string of the molecule is O=C(O)c1ccc2nc(CN3CC[C@](O)(Oc4ccnc(COc5ccc(Cl)cc5F)n4)C3)n(CC3CCO3)c2c1. The molecule has 2 aliphatic rings. The van der Waals surface area contributed by atoms with E-state index in [4.69, 9.17) is 30.8 Å². The Hall–Kier alpha value is -3.84. The lowest BCUT2D eigenvalue weighted by atomic mass is 10.1. The summed E-state index contributed by atoms with van der Waals surface area (Å²) in [5.41, 5.74) is 1.62. The van der Waals surface area contributed by atoms with Crippen LogP contribution in [-0.4, -0.2) is 72.2 Å². The summed E-state index contributed by atoms with van der Waals surface area (Å²) >= 11 is 5.78. The number of benzene rings is 2. The number of ether oxygens (including phenoxy) is 3. The second kappa shape index (κ2) is 11.2. The van der Waals surface area contributed by atoms with Gasteiger partial charge in [-0.25, -0.2) is 19.2 Å². The first kappa shape index (κ1) is 27.3. The summed E-state index contributed by atoms with van der Waals surface area (Å²) in [5, 5.41) is 21.0. The molecular weight excluding hydrogens is 557 g/mol. The summed E-state index contributed by atoms with van der Waals surface area (Å²) in [6, 6.07) is 10.5. The van der Waals surface area contributed by atoms with E-state index in [1.165, 1.54) is 24.4 Å². The van der Waals surface area contributed by atoms with Gasteiger partial charge >= 0.3 is 5.97 Å². The topological polar surface area (TPSA) is 132 Å². The van der Waals surface area contributed by atoms with E-state index < -0.39 is 17.6 Å². The highest BCUT2D eigenvalue weighted by atomic mass is 35.5. The molecule has 2 saturated heterocycles.